The predicted octanol–water partition coefficient (Wildman–Crippen LogP) is 4.41. The first-order valence-corrected chi connectivity index (χ1v) is 9.00. The fourth-order valence-corrected chi connectivity index (χ4v) is 4.44. The number of hydrogen-bond acceptors (Lipinski definition) is 3. The van der Waals surface area contributed by atoms with Crippen molar-refractivity contribution in [3.63, 3.8) is 0 Å². The second-order valence-electron chi connectivity index (χ2n) is 6.09. The van der Waals surface area contributed by atoms with E-state index >= 15 is 0 Å². The van der Waals surface area contributed by atoms with E-state index in [9.17, 15) is 0 Å². The molecule has 3 aromatic rings. The van der Waals surface area contributed by atoms with Crippen LogP contribution in [0.5, 0.6) is 0 Å². The lowest BCUT2D eigenvalue weighted by atomic mass is 10.1. The molecule has 0 aromatic carbocycles. The van der Waals surface area contributed by atoms with Gasteiger partial charge < -0.3 is 4.57 Å². The summed E-state index contributed by atoms with van der Waals surface area (Å²) in [4.78, 5) is 9.49. The zero-order valence-corrected chi connectivity index (χ0v) is 14.4. The molecular formula is C19H21N3S. The summed E-state index contributed by atoms with van der Waals surface area (Å²) < 4.78 is 2.41. The maximum Gasteiger partial charge on any atom is 0.107 e. The molecule has 3 nitrogen and oxygen atoms in total. The number of thiophene rings is 1. The Hall–Kier alpha value is -1.91. The highest BCUT2D eigenvalue weighted by atomic mass is 32.1. The molecule has 0 saturated carbocycles. The molecule has 0 N–H and O–H groups in total. The highest BCUT2D eigenvalue weighted by molar-refractivity contribution is 7.18. The van der Waals surface area contributed by atoms with Crippen molar-refractivity contribution in [2.45, 2.75) is 26.8 Å². The minimum atomic E-state index is 1.08. The first-order valence-electron chi connectivity index (χ1n) is 8.19. The van der Waals surface area contributed by atoms with Crippen molar-refractivity contribution in [1.29, 1.82) is 0 Å². The fourth-order valence-electron chi connectivity index (χ4n) is 3.40. The van der Waals surface area contributed by atoms with Gasteiger partial charge in [0, 0.05) is 54.1 Å². The van der Waals surface area contributed by atoms with E-state index in [-0.39, 0.29) is 0 Å². The maximum absolute atomic E-state index is 4.19. The normalized spacial score (nSPS) is 15.6. The molecule has 0 amide bonds. The average molecular weight is 323 g/mol. The standard InChI is InChI=1S/C19H21N3S/c1-3-21-9-7-18-17(13-21)16-11-14(2)23-19(16)22(18)10-6-15-5-4-8-20-12-15/h4-6,8,10-12H,3,7,9,13H2,1-2H3/b10-6+. The third-order valence-electron chi connectivity index (χ3n) is 4.61. The number of rotatable bonds is 3. The SMILES string of the molecule is CCN1CCc2c(c3cc(C)sc3n2/C=C/c2cccnc2)C1. The van der Waals surface area contributed by atoms with Gasteiger partial charge in [-0.25, -0.2) is 0 Å². The molecule has 0 unspecified atom stereocenters. The largest absolute Gasteiger partial charge is 0.312 e. The van der Waals surface area contributed by atoms with Crippen LogP contribution in [0.3, 0.4) is 0 Å². The lowest BCUT2D eigenvalue weighted by Gasteiger charge is -2.26. The van der Waals surface area contributed by atoms with Crippen LogP contribution in [0.1, 0.15) is 28.6 Å². The number of aromatic nitrogens is 2. The van der Waals surface area contributed by atoms with Crippen molar-refractivity contribution in [1.82, 2.24) is 14.5 Å². The van der Waals surface area contributed by atoms with Crippen LogP contribution in [0.15, 0.2) is 30.6 Å². The summed E-state index contributed by atoms with van der Waals surface area (Å²) in [5, 5.41) is 1.44. The van der Waals surface area contributed by atoms with E-state index in [4.69, 9.17) is 0 Å². The molecule has 0 bridgehead atoms. The summed E-state index contributed by atoms with van der Waals surface area (Å²) in [6.45, 7) is 7.81. The molecule has 118 valence electrons. The Labute approximate surface area is 140 Å². The van der Waals surface area contributed by atoms with E-state index < -0.39 is 0 Å². The van der Waals surface area contributed by atoms with E-state index in [1.807, 2.05) is 29.8 Å². The summed E-state index contributed by atoms with van der Waals surface area (Å²) >= 11 is 1.89. The number of pyridine rings is 1. The molecule has 4 heteroatoms. The van der Waals surface area contributed by atoms with Crippen LogP contribution >= 0.6 is 11.3 Å². The van der Waals surface area contributed by atoms with Crippen molar-refractivity contribution in [2.24, 2.45) is 0 Å². The van der Waals surface area contributed by atoms with Crippen LogP contribution in [-0.4, -0.2) is 27.5 Å². The van der Waals surface area contributed by atoms with Crippen LogP contribution in [0.4, 0.5) is 0 Å². The van der Waals surface area contributed by atoms with Gasteiger partial charge in [0.25, 0.3) is 0 Å². The summed E-state index contributed by atoms with van der Waals surface area (Å²) in [6.07, 6.45) is 9.22. The highest BCUT2D eigenvalue weighted by Crippen LogP contribution is 2.36. The summed E-state index contributed by atoms with van der Waals surface area (Å²) in [6, 6.07) is 6.43. The molecule has 0 atom stereocenters. The molecule has 23 heavy (non-hydrogen) atoms. The van der Waals surface area contributed by atoms with Crippen molar-refractivity contribution in [3.8, 4) is 0 Å². The van der Waals surface area contributed by atoms with Crippen molar-refractivity contribution < 1.29 is 0 Å². The highest BCUT2D eigenvalue weighted by Gasteiger charge is 2.23. The Bertz CT molecular complexity index is 858. The maximum atomic E-state index is 4.19. The molecule has 0 fully saturated rings. The van der Waals surface area contributed by atoms with Gasteiger partial charge in [0.2, 0.25) is 0 Å². The number of nitrogens with zero attached hydrogens (tertiary/aromatic N) is 3. The van der Waals surface area contributed by atoms with E-state index in [1.165, 1.54) is 26.4 Å². The molecule has 1 aliphatic rings. The molecule has 0 saturated heterocycles. The Balaban J connectivity index is 1.81. The summed E-state index contributed by atoms with van der Waals surface area (Å²) in [7, 11) is 0. The second-order valence-corrected chi connectivity index (χ2v) is 7.33. The van der Waals surface area contributed by atoms with Crippen molar-refractivity contribution >= 4 is 33.8 Å². The topological polar surface area (TPSA) is 21.1 Å². The smallest absolute Gasteiger partial charge is 0.107 e. The van der Waals surface area contributed by atoms with Crippen LogP contribution in [0.25, 0.3) is 22.5 Å². The fraction of sp³-hybridized carbons (Fsp3) is 0.316. The van der Waals surface area contributed by atoms with E-state index in [1.54, 1.807) is 0 Å². The molecular weight excluding hydrogens is 302 g/mol. The van der Waals surface area contributed by atoms with Gasteiger partial charge in [-0.05, 0) is 42.8 Å². The molecule has 4 rings (SSSR count). The van der Waals surface area contributed by atoms with Gasteiger partial charge in [-0.15, -0.1) is 11.3 Å². The number of aryl methyl sites for hydroxylation is 1. The van der Waals surface area contributed by atoms with Gasteiger partial charge in [0.1, 0.15) is 4.83 Å². The summed E-state index contributed by atoms with van der Waals surface area (Å²) in [5.74, 6) is 0. The Morgan fingerprint density at radius 3 is 3.09 bits per heavy atom. The van der Waals surface area contributed by atoms with Gasteiger partial charge in [-0.3, -0.25) is 9.88 Å². The Morgan fingerprint density at radius 2 is 2.30 bits per heavy atom. The molecule has 3 aromatic heterocycles. The lowest BCUT2D eigenvalue weighted by Crippen LogP contribution is -2.30. The third kappa shape index (κ3) is 2.62. The second kappa shape index (κ2) is 5.95. The minimum Gasteiger partial charge on any atom is -0.312 e. The summed E-state index contributed by atoms with van der Waals surface area (Å²) in [5.41, 5.74) is 4.15. The monoisotopic (exact) mass is 323 g/mol. The molecule has 4 heterocycles. The van der Waals surface area contributed by atoms with Crippen molar-refractivity contribution in [3.05, 3.63) is 52.3 Å². The third-order valence-corrected chi connectivity index (χ3v) is 5.66. The van der Waals surface area contributed by atoms with Gasteiger partial charge in [-0.2, -0.15) is 0 Å². The van der Waals surface area contributed by atoms with Gasteiger partial charge in [0.05, 0.1) is 0 Å². The van der Waals surface area contributed by atoms with E-state index in [0.717, 1.165) is 31.6 Å². The first-order chi connectivity index (χ1) is 11.3. The van der Waals surface area contributed by atoms with E-state index in [0.29, 0.717) is 0 Å². The zero-order valence-electron chi connectivity index (χ0n) is 13.6. The number of hydrogen-bond donors (Lipinski definition) is 0. The van der Waals surface area contributed by atoms with E-state index in [2.05, 4.69) is 52.7 Å². The van der Waals surface area contributed by atoms with Gasteiger partial charge >= 0.3 is 0 Å². The Morgan fingerprint density at radius 1 is 1.39 bits per heavy atom. The minimum absolute atomic E-state index is 1.08. The first kappa shape index (κ1) is 14.7. The average Bonchev–Trinajstić information content (AvgIpc) is 3.09. The van der Waals surface area contributed by atoms with Crippen molar-refractivity contribution in [2.75, 3.05) is 13.1 Å². The zero-order chi connectivity index (χ0) is 15.8. The molecule has 0 spiro atoms. The molecule has 0 aliphatic carbocycles. The number of fused-ring (bicyclic) bond motifs is 3. The van der Waals surface area contributed by atoms with Crippen LogP contribution < -0.4 is 0 Å². The van der Waals surface area contributed by atoms with Gasteiger partial charge in [0.15, 0.2) is 0 Å². The van der Waals surface area contributed by atoms with Crippen LogP contribution in [0, 0.1) is 6.92 Å². The Kier molecular flexibility index (Phi) is 3.79. The molecule has 0 radical (unpaired) electrons. The number of likely N-dealkylation sites (N-methyl/N-ethyl adjacent to an activating group) is 1. The van der Waals surface area contributed by atoms with Crippen LogP contribution in [-0.2, 0) is 13.0 Å². The predicted molar refractivity (Wildman–Crippen MR) is 98.7 cm³/mol. The molecule has 1 aliphatic heterocycles. The van der Waals surface area contributed by atoms with Crippen LogP contribution in [0.2, 0.25) is 0 Å². The quantitative estimate of drug-likeness (QED) is 0.712. The lowest BCUT2D eigenvalue weighted by molar-refractivity contribution is 0.267. The van der Waals surface area contributed by atoms with Gasteiger partial charge in [-0.1, -0.05) is 13.0 Å².